The van der Waals surface area contributed by atoms with Gasteiger partial charge in [-0.05, 0) is 54.4 Å². The minimum Gasteiger partial charge on any atom is -0.507 e. The van der Waals surface area contributed by atoms with Crippen molar-refractivity contribution in [1.29, 1.82) is 0 Å². The first-order chi connectivity index (χ1) is 22.7. The normalized spacial score (nSPS) is 13.7. The molecule has 0 saturated carbocycles. The smallest absolute Gasteiger partial charge is 0.258 e. The van der Waals surface area contributed by atoms with E-state index in [9.17, 15) is 18.3 Å². The lowest BCUT2D eigenvalue weighted by atomic mass is 9.84. The molecule has 2 aromatic heterocycles. The zero-order valence-corrected chi connectivity index (χ0v) is 27.4. The third kappa shape index (κ3) is 5.51. The molecular weight excluding hydrogens is 661 g/mol. The van der Waals surface area contributed by atoms with Gasteiger partial charge in [0.2, 0.25) is 10.0 Å². The Hall–Kier alpha value is -4.48. The summed E-state index contributed by atoms with van der Waals surface area (Å²) < 4.78 is 42.8. The van der Waals surface area contributed by atoms with Crippen molar-refractivity contribution in [3.63, 3.8) is 0 Å². The van der Waals surface area contributed by atoms with E-state index < -0.39 is 15.9 Å². The van der Waals surface area contributed by atoms with Crippen molar-refractivity contribution >= 4 is 55.0 Å². The molecule has 1 aliphatic rings. The van der Waals surface area contributed by atoms with E-state index in [1.807, 2.05) is 42.5 Å². The topological polar surface area (TPSA) is 123 Å². The van der Waals surface area contributed by atoms with Crippen molar-refractivity contribution in [3.05, 3.63) is 128 Å². The van der Waals surface area contributed by atoms with E-state index in [0.717, 1.165) is 16.5 Å². The van der Waals surface area contributed by atoms with Gasteiger partial charge in [0.1, 0.15) is 23.9 Å². The maximum Gasteiger partial charge on any atom is 0.258 e. The van der Waals surface area contributed by atoms with Gasteiger partial charge in [-0.2, -0.15) is 0 Å². The molecule has 0 spiro atoms. The summed E-state index contributed by atoms with van der Waals surface area (Å²) in [7, 11) is -2.35. The highest BCUT2D eigenvalue weighted by atomic mass is 35.5. The highest BCUT2D eigenvalue weighted by molar-refractivity contribution is 7.89. The van der Waals surface area contributed by atoms with Crippen LogP contribution in [-0.4, -0.2) is 42.8 Å². The number of sulfonamides is 1. The Labute approximate surface area is 280 Å². The van der Waals surface area contributed by atoms with E-state index in [-0.39, 0.29) is 44.8 Å². The fraction of sp³-hybridized carbons (Fsp3) is 0.171. The number of para-hydroxylation sites is 3. The van der Waals surface area contributed by atoms with Crippen LogP contribution in [0.4, 0.5) is 0 Å². The molecule has 0 aliphatic carbocycles. The average molecular weight is 691 g/mol. The van der Waals surface area contributed by atoms with Crippen LogP contribution < -0.4 is 19.8 Å². The van der Waals surface area contributed by atoms with Crippen molar-refractivity contribution in [2.75, 3.05) is 19.8 Å². The van der Waals surface area contributed by atoms with Crippen LogP contribution >= 0.6 is 23.2 Å². The van der Waals surface area contributed by atoms with Crippen LogP contribution in [0.2, 0.25) is 10.0 Å². The molecule has 0 radical (unpaired) electrons. The number of H-pyrrole nitrogens is 1. The number of rotatable bonds is 8. The SMILES string of the molecule is Cn1c(=O)c(C(c2cccc3c2OCCO3)c2[nH]c3ccccc3c2CCNS(=O)(=O)c2cc(Cl)ccc2Cl)c(O)c2ccccc21. The van der Waals surface area contributed by atoms with Gasteiger partial charge in [-0.15, -0.1) is 0 Å². The lowest BCUT2D eigenvalue weighted by Gasteiger charge is -2.27. The number of ether oxygens (including phenoxy) is 2. The molecule has 0 bridgehead atoms. The number of hydrogen-bond acceptors (Lipinski definition) is 6. The number of halogens is 2. The van der Waals surface area contributed by atoms with E-state index in [0.29, 0.717) is 46.9 Å². The second kappa shape index (κ2) is 12.3. The maximum atomic E-state index is 14.3. The van der Waals surface area contributed by atoms with E-state index in [1.165, 1.54) is 22.8 Å². The highest BCUT2D eigenvalue weighted by Crippen LogP contribution is 2.47. The summed E-state index contributed by atoms with van der Waals surface area (Å²) in [5.74, 6) is -0.000723. The van der Waals surface area contributed by atoms with Crippen molar-refractivity contribution in [3.8, 4) is 17.2 Å². The monoisotopic (exact) mass is 689 g/mol. The molecular formula is C35H29Cl2N3O6S. The van der Waals surface area contributed by atoms with Gasteiger partial charge in [0, 0.05) is 46.2 Å². The third-order valence-corrected chi connectivity index (χ3v) is 10.7. The summed E-state index contributed by atoms with van der Waals surface area (Å²) >= 11 is 12.3. The molecule has 0 fully saturated rings. The van der Waals surface area contributed by atoms with Gasteiger partial charge >= 0.3 is 0 Å². The molecule has 12 heteroatoms. The quantitative estimate of drug-likeness (QED) is 0.168. The number of nitrogens with one attached hydrogen (secondary N) is 2. The number of aromatic hydroxyl groups is 1. The number of hydrogen-bond donors (Lipinski definition) is 3. The summed E-state index contributed by atoms with van der Waals surface area (Å²) in [5.41, 5.74) is 3.10. The highest BCUT2D eigenvalue weighted by Gasteiger charge is 2.34. The first kappa shape index (κ1) is 31.1. The summed E-state index contributed by atoms with van der Waals surface area (Å²) in [6.45, 7) is 0.686. The largest absolute Gasteiger partial charge is 0.507 e. The Bertz CT molecular complexity index is 2350. The first-order valence-electron chi connectivity index (χ1n) is 14.9. The number of benzene rings is 4. The van der Waals surface area contributed by atoms with E-state index in [2.05, 4.69) is 9.71 Å². The summed E-state index contributed by atoms with van der Waals surface area (Å²) in [6, 6.07) is 24.5. The van der Waals surface area contributed by atoms with Crippen molar-refractivity contribution in [1.82, 2.24) is 14.3 Å². The Kier molecular flexibility index (Phi) is 8.13. The van der Waals surface area contributed by atoms with Crippen LogP contribution in [0.5, 0.6) is 17.2 Å². The van der Waals surface area contributed by atoms with Crippen LogP contribution in [0.15, 0.2) is 94.6 Å². The molecule has 4 aromatic carbocycles. The van der Waals surface area contributed by atoms with Gasteiger partial charge in [0.15, 0.2) is 11.5 Å². The number of aromatic amines is 1. The number of pyridine rings is 1. The van der Waals surface area contributed by atoms with E-state index in [1.54, 1.807) is 31.3 Å². The molecule has 240 valence electrons. The average Bonchev–Trinajstić information content (AvgIpc) is 3.44. The first-order valence-corrected chi connectivity index (χ1v) is 17.1. The number of fused-ring (bicyclic) bond motifs is 3. The zero-order valence-electron chi connectivity index (χ0n) is 25.1. The molecule has 1 aliphatic heterocycles. The molecule has 0 amide bonds. The molecule has 0 saturated heterocycles. The van der Waals surface area contributed by atoms with Gasteiger partial charge in [-0.1, -0.05) is 65.7 Å². The predicted octanol–water partition coefficient (Wildman–Crippen LogP) is 6.50. The van der Waals surface area contributed by atoms with E-state index in [4.69, 9.17) is 32.7 Å². The van der Waals surface area contributed by atoms with Gasteiger partial charge in [-0.25, -0.2) is 13.1 Å². The molecule has 9 nitrogen and oxygen atoms in total. The molecule has 6 aromatic rings. The number of aryl methyl sites for hydroxylation is 1. The Morgan fingerprint density at radius 2 is 1.70 bits per heavy atom. The van der Waals surface area contributed by atoms with Crippen LogP contribution in [0.1, 0.15) is 28.3 Å². The second-order valence-electron chi connectivity index (χ2n) is 11.2. The number of nitrogens with zero attached hydrogens (tertiary/aromatic N) is 1. The molecule has 3 heterocycles. The van der Waals surface area contributed by atoms with Crippen molar-refractivity contribution < 1.29 is 23.0 Å². The Balaban J connectivity index is 1.42. The third-order valence-electron chi connectivity index (χ3n) is 8.49. The van der Waals surface area contributed by atoms with E-state index >= 15 is 0 Å². The van der Waals surface area contributed by atoms with Crippen LogP contribution in [-0.2, 0) is 23.5 Å². The van der Waals surface area contributed by atoms with Crippen molar-refractivity contribution in [2.45, 2.75) is 17.2 Å². The Morgan fingerprint density at radius 1 is 0.957 bits per heavy atom. The summed E-state index contributed by atoms with van der Waals surface area (Å²) in [5, 5.41) is 13.5. The predicted molar refractivity (Wildman–Crippen MR) is 183 cm³/mol. The molecule has 3 N–H and O–H groups in total. The maximum absolute atomic E-state index is 14.3. The molecule has 1 unspecified atom stereocenters. The van der Waals surface area contributed by atoms with Crippen LogP contribution in [0.25, 0.3) is 21.8 Å². The molecule has 47 heavy (non-hydrogen) atoms. The standard InChI is InChI=1S/C35H29Cl2N3O6S/c1-40-27-11-5-3-8-23(27)33(41)31(35(40)42)30(24-9-6-12-28-34(24)46-18-17-45-28)32-22(21-7-2-4-10-26(21)39-32)15-16-38-47(43,44)29-19-20(36)13-14-25(29)37/h2-14,19,30,38-39,41H,15-18H2,1H3. The van der Waals surface area contributed by atoms with Crippen LogP contribution in [0.3, 0.4) is 0 Å². The zero-order chi connectivity index (χ0) is 32.9. The van der Waals surface area contributed by atoms with Gasteiger partial charge in [-0.3, -0.25) is 4.79 Å². The number of aromatic nitrogens is 2. The summed E-state index contributed by atoms with van der Waals surface area (Å²) in [4.78, 5) is 17.6. The summed E-state index contributed by atoms with van der Waals surface area (Å²) in [6.07, 6.45) is 0.230. The van der Waals surface area contributed by atoms with Crippen molar-refractivity contribution in [2.24, 2.45) is 7.05 Å². The van der Waals surface area contributed by atoms with Gasteiger partial charge in [0.25, 0.3) is 5.56 Å². The lowest BCUT2D eigenvalue weighted by Crippen LogP contribution is -2.28. The lowest BCUT2D eigenvalue weighted by molar-refractivity contribution is 0.169. The fourth-order valence-electron chi connectivity index (χ4n) is 6.35. The Morgan fingerprint density at radius 3 is 2.53 bits per heavy atom. The minimum atomic E-state index is -4.02. The molecule has 1 atom stereocenters. The second-order valence-corrected chi connectivity index (χ2v) is 13.8. The van der Waals surface area contributed by atoms with Gasteiger partial charge in [0.05, 0.1) is 22.0 Å². The van der Waals surface area contributed by atoms with Gasteiger partial charge < -0.3 is 24.1 Å². The molecule has 7 rings (SSSR count). The fourth-order valence-corrected chi connectivity index (χ4v) is 8.14. The minimum absolute atomic E-state index is 0.000956. The van der Waals surface area contributed by atoms with Crippen LogP contribution in [0, 0.1) is 0 Å².